The molecular weight excluding hydrogens is 278 g/mol. The first-order valence-electron chi connectivity index (χ1n) is 7.75. The fraction of sp³-hybridized carbons (Fsp3) is 0.529. The van der Waals surface area contributed by atoms with Crippen LogP contribution >= 0.6 is 0 Å². The van der Waals surface area contributed by atoms with Crippen LogP contribution in [0.1, 0.15) is 32.4 Å². The van der Waals surface area contributed by atoms with Crippen molar-refractivity contribution < 1.29 is 9.90 Å². The lowest BCUT2D eigenvalue weighted by atomic mass is 9.57. The third kappa shape index (κ3) is 2.50. The average molecular weight is 301 g/mol. The third-order valence-electron chi connectivity index (χ3n) is 5.24. The number of carboxylic acid groups (broad SMARTS) is 1. The molecule has 0 saturated heterocycles. The zero-order valence-electron chi connectivity index (χ0n) is 13.3. The predicted molar refractivity (Wildman–Crippen MR) is 85.5 cm³/mol. The minimum Gasteiger partial charge on any atom is -0.481 e. The number of carbonyl (C=O) groups is 1. The average Bonchev–Trinajstić information content (AvgIpc) is 2.79. The number of hydrogen-bond acceptors (Lipinski definition) is 3. The number of rotatable bonds is 5. The molecule has 1 heterocycles. The molecule has 1 aromatic carbocycles. The first-order chi connectivity index (χ1) is 10.4. The normalized spacial score (nSPS) is 23.4. The maximum Gasteiger partial charge on any atom is 0.303 e. The highest BCUT2D eigenvalue weighted by molar-refractivity contribution is 5.81. The van der Waals surface area contributed by atoms with Crippen LogP contribution in [0.3, 0.4) is 0 Å². The van der Waals surface area contributed by atoms with Gasteiger partial charge in [0.25, 0.3) is 0 Å². The minimum absolute atomic E-state index is 0.0168. The maximum atomic E-state index is 10.9. The van der Waals surface area contributed by atoms with Gasteiger partial charge in [-0.05, 0) is 23.8 Å². The Labute approximate surface area is 130 Å². The summed E-state index contributed by atoms with van der Waals surface area (Å²) < 4.78 is 1.91. The molecule has 2 atom stereocenters. The van der Waals surface area contributed by atoms with E-state index in [4.69, 9.17) is 5.11 Å². The van der Waals surface area contributed by atoms with E-state index in [9.17, 15) is 4.79 Å². The number of fused-ring (bicyclic) bond motifs is 1. The van der Waals surface area contributed by atoms with E-state index in [2.05, 4.69) is 36.4 Å². The Morgan fingerprint density at radius 3 is 2.86 bits per heavy atom. The zero-order valence-corrected chi connectivity index (χ0v) is 13.3. The number of nitrogens with zero attached hydrogens (tertiary/aromatic N) is 2. The Balaban J connectivity index is 1.67. The Hall–Kier alpha value is -1.88. The van der Waals surface area contributed by atoms with Crippen LogP contribution in [0.25, 0.3) is 10.9 Å². The summed E-state index contributed by atoms with van der Waals surface area (Å²) >= 11 is 0. The van der Waals surface area contributed by atoms with Crippen LogP contribution in [-0.4, -0.2) is 26.9 Å². The van der Waals surface area contributed by atoms with Crippen LogP contribution in [0.4, 0.5) is 0 Å². The number of carboxylic acids is 1. The molecule has 0 aliphatic heterocycles. The largest absolute Gasteiger partial charge is 0.481 e. The molecule has 118 valence electrons. The molecule has 1 aliphatic carbocycles. The van der Waals surface area contributed by atoms with Crippen molar-refractivity contribution in [1.29, 1.82) is 0 Å². The first-order valence-corrected chi connectivity index (χ1v) is 7.75. The van der Waals surface area contributed by atoms with E-state index in [1.165, 1.54) is 5.39 Å². The lowest BCUT2D eigenvalue weighted by molar-refractivity contribution is -0.142. The van der Waals surface area contributed by atoms with Crippen molar-refractivity contribution in [1.82, 2.24) is 15.1 Å². The van der Waals surface area contributed by atoms with Crippen LogP contribution in [0, 0.1) is 11.3 Å². The summed E-state index contributed by atoms with van der Waals surface area (Å²) in [4.78, 5) is 10.9. The molecule has 0 bridgehead atoms. The lowest BCUT2D eigenvalue weighted by Crippen LogP contribution is -2.57. The quantitative estimate of drug-likeness (QED) is 0.890. The molecular formula is C17H23N3O2. The van der Waals surface area contributed by atoms with E-state index in [-0.39, 0.29) is 17.8 Å². The molecule has 2 aromatic rings. The van der Waals surface area contributed by atoms with Crippen molar-refractivity contribution >= 4 is 16.9 Å². The van der Waals surface area contributed by atoms with Crippen LogP contribution in [0.5, 0.6) is 0 Å². The molecule has 1 saturated carbocycles. The summed E-state index contributed by atoms with van der Waals surface area (Å²) in [6, 6.07) is 8.56. The fourth-order valence-electron chi connectivity index (χ4n) is 3.56. The van der Waals surface area contributed by atoms with Gasteiger partial charge in [-0.2, -0.15) is 5.10 Å². The number of aryl methyl sites for hydroxylation is 1. The SMILES string of the molecule is Cn1nc(CNC2CC(CC(=O)O)C2(C)C)c2ccccc21. The Kier molecular flexibility index (Phi) is 3.68. The van der Waals surface area contributed by atoms with Crippen LogP contribution in [-0.2, 0) is 18.4 Å². The molecule has 5 nitrogen and oxygen atoms in total. The highest BCUT2D eigenvalue weighted by Crippen LogP contribution is 2.48. The van der Waals surface area contributed by atoms with Crippen LogP contribution in [0.15, 0.2) is 24.3 Å². The van der Waals surface area contributed by atoms with E-state index in [1.54, 1.807) is 0 Å². The topological polar surface area (TPSA) is 67.2 Å². The number of aliphatic carboxylic acids is 1. The molecule has 22 heavy (non-hydrogen) atoms. The first kappa shape index (κ1) is 15.0. The second-order valence-electron chi connectivity index (χ2n) is 6.87. The Bertz CT molecular complexity index is 705. The van der Waals surface area contributed by atoms with Crippen LogP contribution < -0.4 is 5.32 Å². The third-order valence-corrected chi connectivity index (χ3v) is 5.24. The van der Waals surface area contributed by atoms with Gasteiger partial charge in [0, 0.05) is 31.4 Å². The molecule has 2 N–H and O–H groups in total. The lowest BCUT2D eigenvalue weighted by Gasteiger charge is -2.52. The van der Waals surface area contributed by atoms with Gasteiger partial charge in [-0.25, -0.2) is 0 Å². The Morgan fingerprint density at radius 2 is 2.18 bits per heavy atom. The zero-order chi connectivity index (χ0) is 15.9. The van der Waals surface area contributed by atoms with Crippen molar-refractivity contribution in [3.63, 3.8) is 0 Å². The highest BCUT2D eigenvalue weighted by Gasteiger charge is 2.48. The molecule has 1 fully saturated rings. The number of hydrogen-bond donors (Lipinski definition) is 2. The van der Waals surface area contributed by atoms with Gasteiger partial charge in [0.1, 0.15) is 0 Å². The van der Waals surface area contributed by atoms with Gasteiger partial charge in [0.15, 0.2) is 0 Å². The van der Waals surface area contributed by atoms with Gasteiger partial charge in [-0.15, -0.1) is 0 Å². The summed E-state index contributed by atoms with van der Waals surface area (Å²) in [7, 11) is 1.96. The predicted octanol–water partition coefficient (Wildman–Crippen LogP) is 2.55. The molecule has 3 rings (SSSR count). The maximum absolute atomic E-state index is 10.9. The van der Waals surface area contributed by atoms with Crippen LogP contribution in [0.2, 0.25) is 0 Å². The molecule has 0 spiro atoms. The molecule has 0 amide bonds. The van der Waals surface area contributed by atoms with E-state index < -0.39 is 5.97 Å². The van der Waals surface area contributed by atoms with Gasteiger partial charge >= 0.3 is 5.97 Å². The summed E-state index contributed by atoms with van der Waals surface area (Å²) in [6.07, 6.45) is 1.18. The van der Waals surface area contributed by atoms with Gasteiger partial charge in [-0.1, -0.05) is 32.0 Å². The van der Waals surface area contributed by atoms with E-state index in [0.717, 1.165) is 24.2 Å². The van der Waals surface area contributed by atoms with Gasteiger partial charge < -0.3 is 10.4 Å². The molecule has 5 heteroatoms. The highest BCUT2D eigenvalue weighted by atomic mass is 16.4. The molecule has 0 radical (unpaired) electrons. The molecule has 1 aromatic heterocycles. The van der Waals surface area contributed by atoms with E-state index in [0.29, 0.717) is 6.04 Å². The smallest absolute Gasteiger partial charge is 0.303 e. The van der Waals surface area contributed by atoms with Crippen molar-refractivity contribution in [3.05, 3.63) is 30.0 Å². The summed E-state index contributed by atoms with van der Waals surface area (Å²) in [5, 5.41) is 18.3. The standard InChI is InChI=1S/C17H23N3O2/c1-17(2)11(9-16(21)22)8-15(17)18-10-13-12-6-4-5-7-14(12)20(3)19-13/h4-7,11,15,18H,8-10H2,1-3H3,(H,21,22). The fourth-order valence-corrected chi connectivity index (χ4v) is 3.56. The van der Waals surface area contributed by atoms with E-state index in [1.807, 2.05) is 23.9 Å². The number of nitrogens with one attached hydrogen (secondary N) is 1. The van der Waals surface area contributed by atoms with E-state index >= 15 is 0 Å². The Morgan fingerprint density at radius 1 is 1.45 bits per heavy atom. The van der Waals surface area contributed by atoms with Crippen molar-refractivity contribution in [2.75, 3.05) is 0 Å². The number of para-hydroxylation sites is 1. The molecule has 1 aliphatic rings. The minimum atomic E-state index is -0.702. The van der Waals surface area contributed by atoms with Gasteiger partial charge in [0.05, 0.1) is 11.2 Å². The summed E-state index contributed by atoms with van der Waals surface area (Å²) in [6.45, 7) is 5.02. The monoisotopic (exact) mass is 301 g/mol. The van der Waals surface area contributed by atoms with Crippen molar-refractivity contribution in [2.24, 2.45) is 18.4 Å². The number of aromatic nitrogens is 2. The van der Waals surface area contributed by atoms with Crippen molar-refractivity contribution in [2.45, 2.75) is 39.3 Å². The van der Waals surface area contributed by atoms with Crippen molar-refractivity contribution in [3.8, 4) is 0 Å². The second kappa shape index (κ2) is 5.39. The summed E-state index contributed by atoms with van der Waals surface area (Å²) in [5.74, 6) is -0.449. The van der Waals surface area contributed by atoms with Gasteiger partial charge in [-0.3, -0.25) is 9.48 Å². The second-order valence-corrected chi connectivity index (χ2v) is 6.87. The summed E-state index contributed by atoms with van der Waals surface area (Å²) in [5.41, 5.74) is 2.20. The van der Waals surface area contributed by atoms with Gasteiger partial charge in [0.2, 0.25) is 0 Å². The molecule has 2 unspecified atom stereocenters. The number of benzene rings is 1.